The number of amides is 3. The number of likely N-dealkylation sites (tertiary alicyclic amines) is 1. The number of benzene rings is 1. The number of nitrogens with zero attached hydrogens (tertiary/aromatic N) is 4. The number of piperidine rings is 1. The Balaban J connectivity index is 1.26. The van der Waals surface area contributed by atoms with Crippen molar-refractivity contribution in [3.8, 4) is 5.69 Å². The number of hydrogen-bond acceptors (Lipinski definition) is 6. The maximum atomic E-state index is 13.5. The largest absolute Gasteiger partial charge is 0.435 e. The Hall–Kier alpha value is -3.74. The van der Waals surface area contributed by atoms with Crippen LogP contribution in [-0.2, 0) is 6.18 Å². The zero-order valence-electron chi connectivity index (χ0n) is 19.0. The van der Waals surface area contributed by atoms with Crippen molar-refractivity contribution in [1.29, 1.82) is 0 Å². The van der Waals surface area contributed by atoms with Gasteiger partial charge in [-0.25, -0.2) is 14.5 Å². The van der Waals surface area contributed by atoms with E-state index in [1.165, 1.54) is 11.3 Å². The van der Waals surface area contributed by atoms with Crippen molar-refractivity contribution in [1.82, 2.24) is 30.3 Å². The number of rotatable bonds is 7. The maximum absolute atomic E-state index is 13.5. The van der Waals surface area contributed by atoms with Crippen LogP contribution in [0.25, 0.3) is 5.69 Å². The Bertz CT molecular complexity index is 1210. The standard InChI is InChI=1S/C23H23F3N6O3S/c24-23(25,26)19-17(14-32(30-19)16-4-2-1-3-5-16)20(34)27-8-9-29-22(35)31-11-6-15(7-12-31)18(33)21-28-10-13-36-21/h1-5,10,13-15H,6-9,11-12H2,(H,27,34)(H,29,35). The Morgan fingerprint density at radius 2 is 1.75 bits per heavy atom. The minimum absolute atomic E-state index is 0.0124. The van der Waals surface area contributed by atoms with E-state index >= 15 is 0 Å². The van der Waals surface area contributed by atoms with Crippen molar-refractivity contribution in [2.75, 3.05) is 26.2 Å². The molecule has 4 rings (SSSR count). The molecule has 0 saturated carbocycles. The number of ketones is 1. The third kappa shape index (κ3) is 5.90. The van der Waals surface area contributed by atoms with Crippen LogP contribution in [0.2, 0.25) is 0 Å². The van der Waals surface area contributed by atoms with Crippen molar-refractivity contribution in [3.05, 3.63) is 64.4 Å². The molecule has 0 unspecified atom stereocenters. The lowest BCUT2D eigenvalue weighted by molar-refractivity contribution is -0.141. The van der Waals surface area contributed by atoms with Crippen molar-refractivity contribution >= 4 is 29.1 Å². The van der Waals surface area contributed by atoms with E-state index in [0.717, 1.165) is 10.9 Å². The molecule has 3 aromatic rings. The second-order valence-electron chi connectivity index (χ2n) is 8.12. The molecule has 0 aliphatic carbocycles. The Morgan fingerprint density at radius 1 is 1.06 bits per heavy atom. The number of aromatic nitrogens is 3. The van der Waals surface area contributed by atoms with Gasteiger partial charge < -0.3 is 15.5 Å². The molecule has 1 aromatic carbocycles. The number of halogens is 3. The highest BCUT2D eigenvalue weighted by atomic mass is 32.1. The quantitative estimate of drug-likeness (QED) is 0.367. The summed E-state index contributed by atoms with van der Waals surface area (Å²) in [5.74, 6) is -1.14. The fraction of sp³-hybridized carbons (Fsp3) is 0.348. The van der Waals surface area contributed by atoms with Gasteiger partial charge in [-0.1, -0.05) is 18.2 Å². The number of nitrogens with one attached hydrogen (secondary N) is 2. The summed E-state index contributed by atoms with van der Waals surface area (Å²) in [4.78, 5) is 42.9. The van der Waals surface area contributed by atoms with Crippen molar-refractivity contribution < 1.29 is 27.6 Å². The smallest absolute Gasteiger partial charge is 0.350 e. The fourth-order valence-corrected chi connectivity index (χ4v) is 4.53. The number of thiazole rings is 1. The predicted molar refractivity (Wildman–Crippen MR) is 125 cm³/mol. The lowest BCUT2D eigenvalue weighted by atomic mass is 9.93. The van der Waals surface area contributed by atoms with E-state index in [1.54, 1.807) is 46.8 Å². The SMILES string of the molecule is O=C(NCCNC(=O)N1CCC(C(=O)c2nccs2)CC1)c1cn(-c2ccccc2)nc1C(F)(F)F. The van der Waals surface area contributed by atoms with Crippen LogP contribution in [0.1, 0.15) is 38.7 Å². The fourth-order valence-electron chi connectivity index (χ4n) is 3.88. The van der Waals surface area contributed by atoms with E-state index in [9.17, 15) is 27.6 Å². The highest BCUT2D eigenvalue weighted by molar-refractivity contribution is 7.11. The first-order valence-corrected chi connectivity index (χ1v) is 12.1. The second-order valence-corrected chi connectivity index (χ2v) is 9.01. The van der Waals surface area contributed by atoms with Crippen LogP contribution in [0.4, 0.5) is 18.0 Å². The van der Waals surface area contributed by atoms with Crippen molar-refractivity contribution in [3.63, 3.8) is 0 Å². The van der Waals surface area contributed by atoms with Gasteiger partial charge in [-0.15, -0.1) is 11.3 Å². The molecular weight excluding hydrogens is 497 g/mol. The molecular formula is C23H23F3N6O3S. The number of urea groups is 1. The van der Waals surface area contributed by atoms with Crippen LogP contribution in [0.15, 0.2) is 48.1 Å². The van der Waals surface area contributed by atoms with Crippen LogP contribution < -0.4 is 10.6 Å². The summed E-state index contributed by atoms with van der Waals surface area (Å²) in [5.41, 5.74) is -1.51. The van der Waals surface area contributed by atoms with Gasteiger partial charge >= 0.3 is 12.2 Å². The van der Waals surface area contributed by atoms with E-state index in [2.05, 4.69) is 20.7 Å². The van der Waals surface area contributed by atoms with Gasteiger partial charge in [0.25, 0.3) is 5.91 Å². The van der Waals surface area contributed by atoms with Gasteiger partial charge in [0.15, 0.2) is 16.5 Å². The van der Waals surface area contributed by atoms with Gasteiger partial charge in [-0.05, 0) is 25.0 Å². The average Bonchev–Trinajstić information content (AvgIpc) is 3.57. The molecule has 36 heavy (non-hydrogen) atoms. The summed E-state index contributed by atoms with van der Waals surface area (Å²) in [6.45, 7) is 0.745. The summed E-state index contributed by atoms with van der Waals surface area (Å²) < 4.78 is 41.4. The molecule has 3 heterocycles. The first kappa shape index (κ1) is 25.4. The number of alkyl halides is 3. The van der Waals surface area contributed by atoms with E-state index in [0.29, 0.717) is 36.6 Å². The Labute approximate surface area is 208 Å². The van der Waals surface area contributed by atoms with Crippen molar-refractivity contribution in [2.24, 2.45) is 5.92 Å². The molecule has 3 amide bonds. The second kappa shape index (κ2) is 10.9. The van der Waals surface area contributed by atoms with Gasteiger partial charge in [0.1, 0.15) is 0 Å². The lowest BCUT2D eigenvalue weighted by Crippen LogP contribution is -2.47. The minimum Gasteiger partial charge on any atom is -0.350 e. The van der Waals surface area contributed by atoms with Crippen LogP contribution >= 0.6 is 11.3 Å². The molecule has 1 aliphatic rings. The molecule has 0 bridgehead atoms. The lowest BCUT2D eigenvalue weighted by Gasteiger charge is -2.31. The van der Waals surface area contributed by atoms with Gasteiger partial charge in [0.05, 0.1) is 11.3 Å². The average molecular weight is 521 g/mol. The highest BCUT2D eigenvalue weighted by Crippen LogP contribution is 2.31. The molecule has 1 aliphatic heterocycles. The minimum atomic E-state index is -4.81. The molecule has 13 heteroatoms. The van der Waals surface area contributed by atoms with Crippen LogP contribution in [-0.4, -0.2) is 63.6 Å². The Morgan fingerprint density at radius 3 is 2.39 bits per heavy atom. The number of carbonyl (C=O) groups is 3. The molecule has 9 nitrogen and oxygen atoms in total. The zero-order valence-corrected chi connectivity index (χ0v) is 19.8. The zero-order chi connectivity index (χ0) is 25.7. The first-order valence-electron chi connectivity index (χ1n) is 11.2. The highest BCUT2D eigenvalue weighted by Gasteiger charge is 2.39. The van der Waals surface area contributed by atoms with E-state index in [-0.39, 0.29) is 30.8 Å². The Kier molecular flexibility index (Phi) is 7.67. The normalized spacial score (nSPS) is 14.5. The van der Waals surface area contributed by atoms with Gasteiger partial charge in [-0.3, -0.25) is 9.59 Å². The molecule has 0 atom stereocenters. The van der Waals surface area contributed by atoms with Crippen LogP contribution in [0, 0.1) is 5.92 Å². The number of para-hydroxylation sites is 1. The summed E-state index contributed by atoms with van der Waals surface area (Å²) in [6.07, 6.45) is -1.15. The van der Waals surface area contributed by atoms with E-state index < -0.39 is 23.3 Å². The number of carbonyl (C=O) groups excluding carboxylic acids is 3. The molecule has 190 valence electrons. The topological polar surface area (TPSA) is 109 Å². The monoisotopic (exact) mass is 520 g/mol. The van der Waals surface area contributed by atoms with Gasteiger partial charge in [-0.2, -0.15) is 18.3 Å². The summed E-state index contributed by atoms with van der Waals surface area (Å²) in [5, 5.41) is 10.8. The molecule has 2 aromatic heterocycles. The predicted octanol–water partition coefficient (Wildman–Crippen LogP) is 3.38. The van der Waals surface area contributed by atoms with Crippen molar-refractivity contribution in [2.45, 2.75) is 19.0 Å². The maximum Gasteiger partial charge on any atom is 0.435 e. The molecule has 0 spiro atoms. The summed E-state index contributed by atoms with van der Waals surface area (Å²) in [6, 6.07) is 7.79. The molecule has 2 N–H and O–H groups in total. The first-order chi connectivity index (χ1) is 17.2. The van der Waals surface area contributed by atoms with Gasteiger partial charge in [0, 0.05) is 49.9 Å². The molecule has 0 radical (unpaired) electrons. The molecule has 1 saturated heterocycles. The molecule has 1 fully saturated rings. The van der Waals surface area contributed by atoms with Crippen LogP contribution in [0.3, 0.4) is 0 Å². The third-order valence-electron chi connectivity index (χ3n) is 5.73. The van der Waals surface area contributed by atoms with E-state index in [4.69, 9.17) is 0 Å². The number of hydrogen-bond donors (Lipinski definition) is 2. The third-order valence-corrected chi connectivity index (χ3v) is 6.52. The van der Waals surface area contributed by atoms with Crippen LogP contribution in [0.5, 0.6) is 0 Å². The van der Waals surface area contributed by atoms with Gasteiger partial charge in [0.2, 0.25) is 0 Å². The van der Waals surface area contributed by atoms with E-state index in [1.807, 2.05) is 0 Å². The number of Topliss-reactive ketones (excluding diaryl/α,β-unsaturated/α-hetero) is 1. The summed E-state index contributed by atoms with van der Waals surface area (Å²) in [7, 11) is 0. The summed E-state index contributed by atoms with van der Waals surface area (Å²) >= 11 is 1.29.